The Hall–Kier alpha value is 0.0400. The van der Waals surface area contributed by atoms with E-state index in [1.165, 1.54) is 0 Å². The smallest absolute Gasteiger partial charge is 0.195 e. The maximum Gasteiger partial charge on any atom is 0.317 e. The van der Waals surface area contributed by atoms with Gasteiger partial charge in [0, 0.05) is 26.4 Å². The number of rotatable bonds is 0. The van der Waals surface area contributed by atoms with E-state index < -0.39 is 8.26 Å². The van der Waals surface area contributed by atoms with E-state index in [0.717, 1.165) is 5.02 Å². The minimum Gasteiger partial charge on any atom is -0.195 e. The van der Waals surface area contributed by atoms with Crippen molar-refractivity contribution in [2.75, 3.05) is 0 Å². The summed E-state index contributed by atoms with van der Waals surface area (Å²) in [6.07, 6.45) is 0. The number of hydrogen-bond donors (Lipinski definition) is 0. The highest BCUT2D eigenvalue weighted by Gasteiger charge is 1.88. The van der Waals surface area contributed by atoms with Gasteiger partial charge in [0.05, 0.1) is 0 Å². The Bertz CT molecular complexity index is 301. The Kier molecular flexibility index (Phi) is 5.66. The van der Waals surface area contributed by atoms with E-state index in [1.54, 1.807) is 0 Å². The molecule has 0 spiro atoms. The Balaban J connectivity index is 0.000000217. The average Bonchev–Trinajstić information content (AvgIpc) is 1.85. The van der Waals surface area contributed by atoms with Gasteiger partial charge in [-0.15, -0.1) is 0 Å². The molecule has 0 aliphatic carbocycles. The molecular weight excluding hydrogens is 242 g/mol. The number of hydrogen-bond acceptors (Lipinski definition) is 2. The van der Waals surface area contributed by atoms with Crippen molar-refractivity contribution in [3.05, 3.63) is 35.4 Å². The van der Waals surface area contributed by atoms with Gasteiger partial charge in [-0.05, 0) is 12.1 Å². The summed E-state index contributed by atoms with van der Waals surface area (Å²) in [5.74, 6) is 0. The summed E-state index contributed by atoms with van der Waals surface area (Å²) in [5.41, 5.74) is 0. The fraction of sp³-hybridized carbons (Fsp3) is 0. The third-order valence-corrected chi connectivity index (χ3v) is 0.985. The van der Waals surface area contributed by atoms with Gasteiger partial charge in [0.15, 0.2) is 0 Å². The van der Waals surface area contributed by atoms with Crippen LogP contribution in [0.5, 0.6) is 0 Å². The lowest BCUT2D eigenvalue weighted by molar-refractivity contribution is 0.621. The van der Waals surface area contributed by atoms with Crippen LogP contribution in [0.3, 0.4) is 0 Å². The van der Waals surface area contributed by atoms with Gasteiger partial charge in [0.2, 0.25) is 0 Å². The van der Waals surface area contributed by atoms with Gasteiger partial charge >= 0.3 is 8.26 Å². The zero-order valence-corrected chi connectivity index (χ0v) is 8.83. The van der Waals surface area contributed by atoms with E-state index in [9.17, 15) is 0 Å². The zero-order valence-electron chi connectivity index (χ0n) is 5.75. The van der Waals surface area contributed by atoms with E-state index >= 15 is 0 Å². The van der Waals surface area contributed by atoms with E-state index in [4.69, 9.17) is 20.0 Å². The van der Waals surface area contributed by atoms with Crippen LogP contribution in [0.4, 0.5) is 0 Å². The summed E-state index contributed by atoms with van der Waals surface area (Å²) in [4.78, 5) is 0. The molecular formula is C6H5Cl3O2S. The molecule has 1 rings (SSSR count). The molecule has 0 amide bonds. The molecule has 6 heteroatoms. The van der Waals surface area contributed by atoms with Crippen LogP contribution in [0, 0.1) is 0 Å². The van der Waals surface area contributed by atoms with E-state index in [1.807, 2.05) is 30.3 Å². The molecule has 0 aliphatic rings. The minimum absolute atomic E-state index is 0.794. The highest BCUT2D eigenvalue weighted by molar-refractivity contribution is 8.31. The molecule has 12 heavy (non-hydrogen) atoms. The molecule has 1 aromatic carbocycles. The summed E-state index contributed by atoms with van der Waals surface area (Å²) in [5, 5.41) is 0.794. The first-order chi connectivity index (χ1) is 5.39. The Morgan fingerprint density at radius 2 is 1.33 bits per heavy atom. The molecule has 0 N–H and O–H groups in total. The van der Waals surface area contributed by atoms with Crippen molar-refractivity contribution in [2.45, 2.75) is 0 Å². The molecule has 2 nitrogen and oxygen atoms in total. The predicted octanol–water partition coefficient (Wildman–Crippen LogP) is 3.05. The quantitative estimate of drug-likeness (QED) is 0.660. The molecule has 0 heterocycles. The SMILES string of the molecule is Clc1ccccc1.O=S(=O)(Cl)Cl. The lowest BCUT2D eigenvalue weighted by atomic mass is 10.4. The van der Waals surface area contributed by atoms with Gasteiger partial charge in [0.25, 0.3) is 0 Å². The largest absolute Gasteiger partial charge is 0.317 e. The van der Waals surface area contributed by atoms with Crippen LogP contribution in [0.1, 0.15) is 0 Å². The summed E-state index contributed by atoms with van der Waals surface area (Å²) in [6.45, 7) is 0. The second-order valence-electron chi connectivity index (χ2n) is 1.67. The fourth-order valence-corrected chi connectivity index (χ4v) is 0.560. The van der Waals surface area contributed by atoms with Crippen molar-refractivity contribution in [3.63, 3.8) is 0 Å². The van der Waals surface area contributed by atoms with Gasteiger partial charge < -0.3 is 0 Å². The third kappa shape index (κ3) is 12.7. The number of benzene rings is 1. The van der Waals surface area contributed by atoms with Crippen molar-refractivity contribution in [1.82, 2.24) is 0 Å². The molecule has 0 atom stereocenters. The highest BCUT2D eigenvalue weighted by Crippen LogP contribution is 2.03. The summed E-state index contributed by atoms with van der Waals surface area (Å²) < 4.78 is 18.3. The summed E-state index contributed by atoms with van der Waals surface area (Å²) >= 11 is 5.54. The van der Waals surface area contributed by atoms with Gasteiger partial charge in [-0.1, -0.05) is 29.8 Å². The molecule has 0 saturated heterocycles. The van der Waals surface area contributed by atoms with Gasteiger partial charge in [-0.2, -0.15) is 8.42 Å². The lowest BCUT2D eigenvalue weighted by Crippen LogP contribution is -1.63. The standard InChI is InChI=1S/C6H5Cl.Cl2O2S/c7-6-4-2-1-3-5-6;1-5(2,3)4/h1-5H;. The van der Waals surface area contributed by atoms with Crippen molar-refractivity contribution in [3.8, 4) is 0 Å². The second kappa shape index (κ2) is 5.65. The van der Waals surface area contributed by atoms with E-state index in [2.05, 4.69) is 21.4 Å². The Morgan fingerprint density at radius 3 is 1.50 bits per heavy atom. The molecule has 0 radical (unpaired) electrons. The Labute approximate surface area is 85.0 Å². The topological polar surface area (TPSA) is 34.1 Å². The van der Waals surface area contributed by atoms with Crippen LogP contribution < -0.4 is 0 Å². The first-order valence-corrected chi connectivity index (χ1v) is 6.26. The van der Waals surface area contributed by atoms with Crippen LogP contribution in [-0.2, 0) is 8.26 Å². The predicted molar refractivity (Wildman–Crippen MR) is 52.1 cm³/mol. The highest BCUT2D eigenvalue weighted by atomic mass is 36.0. The van der Waals surface area contributed by atoms with Crippen LogP contribution >= 0.6 is 33.0 Å². The lowest BCUT2D eigenvalue weighted by Gasteiger charge is -1.80. The average molecular weight is 248 g/mol. The van der Waals surface area contributed by atoms with Crippen molar-refractivity contribution < 1.29 is 8.42 Å². The molecule has 1 aromatic rings. The maximum atomic E-state index is 9.16. The van der Waals surface area contributed by atoms with Crippen molar-refractivity contribution in [1.29, 1.82) is 0 Å². The first-order valence-electron chi connectivity index (χ1n) is 2.74. The van der Waals surface area contributed by atoms with Crippen LogP contribution in [0.25, 0.3) is 0 Å². The molecule has 0 saturated carbocycles. The Morgan fingerprint density at radius 1 is 1.00 bits per heavy atom. The number of halogens is 3. The third-order valence-electron chi connectivity index (χ3n) is 0.733. The van der Waals surface area contributed by atoms with Gasteiger partial charge in [-0.3, -0.25) is 0 Å². The minimum atomic E-state index is -3.72. The molecule has 68 valence electrons. The maximum absolute atomic E-state index is 9.16. The van der Waals surface area contributed by atoms with E-state index in [-0.39, 0.29) is 0 Å². The second-order valence-corrected chi connectivity index (χ2v) is 5.78. The monoisotopic (exact) mass is 246 g/mol. The van der Waals surface area contributed by atoms with Gasteiger partial charge in [0.1, 0.15) is 0 Å². The van der Waals surface area contributed by atoms with Crippen LogP contribution in [-0.4, -0.2) is 8.42 Å². The van der Waals surface area contributed by atoms with Crippen LogP contribution in [0.15, 0.2) is 30.3 Å². The normalized spacial score (nSPS) is 9.92. The first kappa shape index (κ1) is 12.0. The molecule has 0 bridgehead atoms. The van der Waals surface area contributed by atoms with Crippen molar-refractivity contribution >= 4 is 41.2 Å². The zero-order chi connectivity index (χ0) is 9.61. The fourth-order valence-electron chi connectivity index (χ4n) is 0.415. The molecule has 0 fully saturated rings. The van der Waals surface area contributed by atoms with Gasteiger partial charge in [-0.25, -0.2) is 0 Å². The molecule has 0 aliphatic heterocycles. The van der Waals surface area contributed by atoms with Crippen molar-refractivity contribution in [2.24, 2.45) is 0 Å². The molecule has 0 unspecified atom stereocenters. The van der Waals surface area contributed by atoms with E-state index in [0.29, 0.717) is 0 Å². The summed E-state index contributed by atoms with van der Waals surface area (Å²) in [6, 6.07) is 9.44. The van der Waals surface area contributed by atoms with Crippen LogP contribution in [0.2, 0.25) is 5.02 Å². The summed E-state index contributed by atoms with van der Waals surface area (Å²) in [7, 11) is 4.81. The molecule has 0 aromatic heterocycles.